The SMILES string of the molecule is CC1CCC1.CC1CCC1.CCCCCC. The maximum atomic E-state index is 2.31. The molecule has 0 N–H and O–H groups in total. The summed E-state index contributed by atoms with van der Waals surface area (Å²) in [6.45, 7) is 9.08. The Kier molecular flexibility index (Phi) is 11.5. The van der Waals surface area contributed by atoms with Gasteiger partial charge in [0.05, 0.1) is 0 Å². The minimum atomic E-state index is 1.06. The molecule has 98 valence electrons. The van der Waals surface area contributed by atoms with E-state index in [0.29, 0.717) is 0 Å². The van der Waals surface area contributed by atoms with Gasteiger partial charge < -0.3 is 0 Å². The number of hydrogen-bond acceptors (Lipinski definition) is 0. The largest absolute Gasteiger partial charge is 0.0654 e. The molecule has 0 nitrogen and oxygen atoms in total. The third-order valence-electron chi connectivity index (χ3n) is 3.74. The highest BCUT2D eigenvalue weighted by Gasteiger charge is 2.09. The molecular formula is C16H34. The molecule has 0 radical (unpaired) electrons. The number of unbranched alkanes of at least 4 members (excludes halogenated alkanes) is 3. The maximum absolute atomic E-state index is 2.31. The van der Waals surface area contributed by atoms with Crippen LogP contribution in [0.2, 0.25) is 0 Å². The molecule has 0 aliphatic heterocycles. The van der Waals surface area contributed by atoms with Crippen molar-refractivity contribution >= 4 is 0 Å². The van der Waals surface area contributed by atoms with Gasteiger partial charge in [-0.1, -0.05) is 91.9 Å². The van der Waals surface area contributed by atoms with Crippen LogP contribution >= 0.6 is 0 Å². The summed E-state index contributed by atoms with van der Waals surface area (Å²) >= 11 is 0. The normalized spacial score (nSPS) is 19.5. The third kappa shape index (κ3) is 10.5. The monoisotopic (exact) mass is 226 g/mol. The van der Waals surface area contributed by atoms with E-state index in [9.17, 15) is 0 Å². The molecule has 2 rings (SSSR count). The zero-order valence-corrected chi connectivity index (χ0v) is 12.2. The highest BCUT2D eigenvalue weighted by molar-refractivity contribution is 4.62. The fourth-order valence-electron chi connectivity index (χ4n) is 1.72. The second-order valence-electron chi connectivity index (χ2n) is 5.78. The van der Waals surface area contributed by atoms with Crippen LogP contribution in [0.5, 0.6) is 0 Å². The number of rotatable bonds is 3. The summed E-state index contributed by atoms with van der Waals surface area (Å²) in [7, 11) is 0. The smallest absolute Gasteiger partial charge is 0.0443 e. The minimum Gasteiger partial charge on any atom is -0.0654 e. The van der Waals surface area contributed by atoms with Crippen LogP contribution < -0.4 is 0 Å². The van der Waals surface area contributed by atoms with Gasteiger partial charge in [0.1, 0.15) is 0 Å². The predicted molar refractivity (Wildman–Crippen MR) is 75.8 cm³/mol. The highest BCUT2D eigenvalue weighted by atomic mass is 14.2. The van der Waals surface area contributed by atoms with Crippen molar-refractivity contribution in [1.82, 2.24) is 0 Å². The van der Waals surface area contributed by atoms with Gasteiger partial charge in [-0.25, -0.2) is 0 Å². The van der Waals surface area contributed by atoms with Gasteiger partial charge in [0, 0.05) is 0 Å². The lowest BCUT2D eigenvalue weighted by atomic mass is 9.88. The first-order valence-electron chi connectivity index (χ1n) is 7.70. The molecule has 2 fully saturated rings. The topological polar surface area (TPSA) is 0 Å². The molecule has 0 atom stereocenters. The Morgan fingerprint density at radius 2 is 0.938 bits per heavy atom. The van der Waals surface area contributed by atoms with Gasteiger partial charge in [-0.3, -0.25) is 0 Å². The summed E-state index contributed by atoms with van der Waals surface area (Å²) in [5.41, 5.74) is 0. The maximum Gasteiger partial charge on any atom is -0.0443 e. The molecule has 16 heavy (non-hydrogen) atoms. The molecular weight excluding hydrogens is 192 g/mol. The van der Waals surface area contributed by atoms with Crippen LogP contribution in [0, 0.1) is 11.8 Å². The first-order chi connectivity index (χ1) is 7.70. The standard InChI is InChI=1S/C6H14.2C5H10/c1-3-5-6-4-2;2*1-5-3-2-4-5/h3-6H2,1-2H3;2*5H,2-4H2,1H3. The van der Waals surface area contributed by atoms with Crippen molar-refractivity contribution in [2.45, 2.75) is 91.9 Å². The third-order valence-corrected chi connectivity index (χ3v) is 3.74. The summed E-state index contributed by atoms with van der Waals surface area (Å²) in [4.78, 5) is 0. The molecule has 2 aliphatic carbocycles. The Balaban J connectivity index is 0.000000211. The van der Waals surface area contributed by atoms with Crippen LogP contribution in [0.1, 0.15) is 91.9 Å². The Morgan fingerprint density at radius 1 is 0.688 bits per heavy atom. The van der Waals surface area contributed by atoms with E-state index in [1.807, 2.05) is 0 Å². The van der Waals surface area contributed by atoms with Crippen LogP contribution in [0.3, 0.4) is 0 Å². The van der Waals surface area contributed by atoms with E-state index in [1.54, 1.807) is 0 Å². The highest BCUT2D eigenvalue weighted by Crippen LogP contribution is 2.24. The second kappa shape index (κ2) is 11.5. The molecule has 0 saturated heterocycles. The molecule has 0 heteroatoms. The molecule has 2 aliphatic rings. The van der Waals surface area contributed by atoms with Gasteiger partial charge in [0.25, 0.3) is 0 Å². The van der Waals surface area contributed by atoms with Crippen LogP contribution in [-0.2, 0) is 0 Å². The Morgan fingerprint density at radius 3 is 1.00 bits per heavy atom. The van der Waals surface area contributed by atoms with E-state index in [4.69, 9.17) is 0 Å². The molecule has 0 aromatic carbocycles. The van der Waals surface area contributed by atoms with E-state index in [0.717, 1.165) is 11.8 Å². The number of hydrogen-bond donors (Lipinski definition) is 0. The molecule has 2 saturated carbocycles. The van der Waals surface area contributed by atoms with Gasteiger partial charge in [0.2, 0.25) is 0 Å². The van der Waals surface area contributed by atoms with E-state index < -0.39 is 0 Å². The first kappa shape index (κ1) is 16.0. The molecule has 0 spiro atoms. The summed E-state index contributed by atoms with van der Waals surface area (Å²) in [6.07, 6.45) is 14.5. The van der Waals surface area contributed by atoms with Gasteiger partial charge in [-0.05, 0) is 11.8 Å². The average Bonchev–Trinajstić information content (AvgIpc) is 2.22. The molecule has 0 bridgehead atoms. The lowest BCUT2D eigenvalue weighted by Gasteiger charge is -2.18. The summed E-state index contributed by atoms with van der Waals surface area (Å²) in [5, 5.41) is 0. The van der Waals surface area contributed by atoms with Crippen molar-refractivity contribution in [3.63, 3.8) is 0 Å². The quantitative estimate of drug-likeness (QED) is 0.503. The first-order valence-corrected chi connectivity index (χ1v) is 7.70. The molecule has 0 unspecified atom stereocenters. The van der Waals surface area contributed by atoms with Gasteiger partial charge in [-0.15, -0.1) is 0 Å². The Bertz CT molecular complexity index is 104. The van der Waals surface area contributed by atoms with Crippen molar-refractivity contribution in [1.29, 1.82) is 0 Å². The Labute approximate surface area is 104 Å². The van der Waals surface area contributed by atoms with Gasteiger partial charge >= 0.3 is 0 Å². The van der Waals surface area contributed by atoms with Crippen molar-refractivity contribution in [2.75, 3.05) is 0 Å². The second-order valence-corrected chi connectivity index (χ2v) is 5.78. The van der Waals surface area contributed by atoms with Crippen LogP contribution in [0.25, 0.3) is 0 Å². The fourth-order valence-corrected chi connectivity index (χ4v) is 1.72. The van der Waals surface area contributed by atoms with Gasteiger partial charge in [-0.2, -0.15) is 0 Å². The molecule has 0 aromatic rings. The van der Waals surface area contributed by atoms with Crippen LogP contribution in [-0.4, -0.2) is 0 Å². The molecule has 0 amide bonds. The van der Waals surface area contributed by atoms with E-state index >= 15 is 0 Å². The average molecular weight is 226 g/mol. The van der Waals surface area contributed by atoms with Gasteiger partial charge in [0.15, 0.2) is 0 Å². The summed E-state index contributed by atoms with van der Waals surface area (Å²) in [5.74, 6) is 2.13. The lowest BCUT2D eigenvalue weighted by Crippen LogP contribution is -2.04. The van der Waals surface area contributed by atoms with E-state index in [1.165, 1.54) is 64.2 Å². The molecule has 0 aromatic heterocycles. The zero-order valence-electron chi connectivity index (χ0n) is 12.2. The minimum absolute atomic E-state index is 1.06. The van der Waals surface area contributed by atoms with Crippen molar-refractivity contribution in [2.24, 2.45) is 11.8 Å². The van der Waals surface area contributed by atoms with Crippen molar-refractivity contribution in [3.8, 4) is 0 Å². The van der Waals surface area contributed by atoms with Crippen molar-refractivity contribution < 1.29 is 0 Å². The predicted octanol–water partition coefficient (Wildman–Crippen LogP) is 6.20. The Hall–Kier alpha value is 0. The van der Waals surface area contributed by atoms with Crippen LogP contribution in [0.4, 0.5) is 0 Å². The fraction of sp³-hybridized carbons (Fsp3) is 1.00. The summed E-state index contributed by atoms with van der Waals surface area (Å²) < 4.78 is 0. The van der Waals surface area contributed by atoms with E-state index in [2.05, 4.69) is 27.7 Å². The molecule has 0 heterocycles. The lowest BCUT2D eigenvalue weighted by molar-refractivity contribution is 0.346. The zero-order chi connectivity index (χ0) is 12.2. The van der Waals surface area contributed by atoms with E-state index in [-0.39, 0.29) is 0 Å². The summed E-state index contributed by atoms with van der Waals surface area (Å²) in [6, 6.07) is 0. The van der Waals surface area contributed by atoms with Crippen LogP contribution in [0.15, 0.2) is 0 Å². The van der Waals surface area contributed by atoms with Crippen molar-refractivity contribution in [3.05, 3.63) is 0 Å².